The Bertz CT molecular complexity index is 289. The van der Waals surface area contributed by atoms with E-state index >= 15 is 0 Å². The topological polar surface area (TPSA) is 12.0 Å². The molecule has 1 aromatic carbocycles. The van der Waals surface area contributed by atoms with Crippen molar-refractivity contribution in [1.82, 2.24) is 5.32 Å². The molecule has 0 saturated heterocycles. The van der Waals surface area contributed by atoms with Crippen LogP contribution in [-0.4, -0.2) is 11.9 Å². The Labute approximate surface area is 97.8 Å². The second-order valence-electron chi connectivity index (χ2n) is 4.01. The van der Waals surface area contributed by atoms with E-state index in [9.17, 15) is 0 Å². The maximum Gasteiger partial charge on any atom is 0.0458 e. The zero-order chi connectivity index (χ0) is 11.3. The monoisotopic (exact) mass is 225 g/mol. The van der Waals surface area contributed by atoms with E-state index in [1.165, 1.54) is 16.7 Å². The van der Waals surface area contributed by atoms with Crippen LogP contribution < -0.4 is 5.32 Å². The molecule has 0 amide bonds. The predicted octanol–water partition coefficient (Wildman–Crippen LogP) is 3.41. The third-order valence-corrected chi connectivity index (χ3v) is 3.22. The largest absolute Gasteiger partial charge is 0.311 e. The van der Waals surface area contributed by atoms with Crippen molar-refractivity contribution < 1.29 is 0 Å². The maximum atomic E-state index is 6.05. The lowest BCUT2D eigenvalue weighted by Crippen LogP contribution is -2.23. The molecule has 1 aromatic rings. The molecule has 1 atom stereocenters. The van der Waals surface area contributed by atoms with Gasteiger partial charge in [-0.05, 0) is 37.0 Å². The second kappa shape index (κ2) is 6.14. The highest BCUT2D eigenvalue weighted by Crippen LogP contribution is 2.12. The van der Waals surface area contributed by atoms with E-state index in [0.717, 1.165) is 19.5 Å². The molecule has 0 spiro atoms. The molecule has 0 aliphatic carbocycles. The Morgan fingerprint density at radius 3 is 2.40 bits per heavy atom. The van der Waals surface area contributed by atoms with Crippen molar-refractivity contribution in [1.29, 1.82) is 0 Å². The Hall–Kier alpha value is -0.530. The van der Waals surface area contributed by atoms with Crippen molar-refractivity contribution in [3.63, 3.8) is 0 Å². The van der Waals surface area contributed by atoms with E-state index in [1.807, 2.05) is 0 Å². The Morgan fingerprint density at radius 1 is 1.27 bits per heavy atom. The van der Waals surface area contributed by atoms with Crippen molar-refractivity contribution in [2.24, 2.45) is 0 Å². The van der Waals surface area contributed by atoms with Crippen LogP contribution in [0.3, 0.4) is 0 Å². The minimum absolute atomic E-state index is 0.245. The van der Waals surface area contributed by atoms with Gasteiger partial charge in [-0.2, -0.15) is 0 Å². The summed E-state index contributed by atoms with van der Waals surface area (Å²) in [5.41, 5.74) is 4.10. The zero-order valence-corrected chi connectivity index (χ0v) is 10.6. The van der Waals surface area contributed by atoms with E-state index in [4.69, 9.17) is 11.6 Å². The predicted molar refractivity (Wildman–Crippen MR) is 67.6 cm³/mol. The molecule has 1 nitrogen and oxygen atoms in total. The Kier molecular flexibility index (Phi) is 5.13. The summed E-state index contributed by atoms with van der Waals surface area (Å²) in [6.07, 6.45) is 1.02. The van der Waals surface area contributed by atoms with Gasteiger partial charge in [-0.25, -0.2) is 0 Å². The highest BCUT2D eigenvalue weighted by molar-refractivity contribution is 6.20. The lowest BCUT2D eigenvalue weighted by Gasteiger charge is -2.12. The highest BCUT2D eigenvalue weighted by Gasteiger charge is 2.03. The number of hydrogen-bond acceptors (Lipinski definition) is 1. The molecule has 0 saturated carbocycles. The number of aryl methyl sites for hydroxylation is 2. The summed E-state index contributed by atoms with van der Waals surface area (Å²) in [5, 5.41) is 3.65. The summed E-state index contributed by atoms with van der Waals surface area (Å²) in [6, 6.07) is 6.41. The number of alkyl halides is 1. The minimum atomic E-state index is 0.245. The van der Waals surface area contributed by atoms with Crippen LogP contribution in [-0.2, 0) is 6.54 Å². The first kappa shape index (κ1) is 12.5. The molecule has 0 aliphatic heterocycles. The van der Waals surface area contributed by atoms with Crippen LogP contribution >= 0.6 is 11.6 Å². The first-order valence-corrected chi connectivity index (χ1v) is 5.98. The summed E-state index contributed by atoms with van der Waals surface area (Å²) in [5.74, 6) is 0. The second-order valence-corrected chi connectivity index (χ2v) is 4.62. The van der Waals surface area contributed by atoms with E-state index in [0.29, 0.717) is 0 Å². The van der Waals surface area contributed by atoms with Crippen LogP contribution in [0.1, 0.15) is 30.0 Å². The van der Waals surface area contributed by atoms with Gasteiger partial charge >= 0.3 is 0 Å². The van der Waals surface area contributed by atoms with Gasteiger partial charge < -0.3 is 5.32 Å². The molecule has 1 rings (SSSR count). The van der Waals surface area contributed by atoms with Crippen molar-refractivity contribution in [2.75, 3.05) is 6.54 Å². The lowest BCUT2D eigenvalue weighted by molar-refractivity contribution is 0.644. The smallest absolute Gasteiger partial charge is 0.0458 e. The van der Waals surface area contributed by atoms with Crippen LogP contribution in [0.4, 0.5) is 0 Å². The molecule has 0 radical (unpaired) electrons. The summed E-state index contributed by atoms with van der Waals surface area (Å²) in [6.45, 7) is 8.22. The van der Waals surface area contributed by atoms with Gasteiger partial charge in [0.25, 0.3) is 0 Å². The Balaban J connectivity index is 2.50. The van der Waals surface area contributed by atoms with Crippen molar-refractivity contribution in [3.05, 3.63) is 34.9 Å². The number of nitrogens with one attached hydrogen (secondary N) is 1. The fourth-order valence-electron chi connectivity index (χ4n) is 1.63. The molecule has 84 valence electrons. The van der Waals surface area contributed by atoms with Crippen molar-refractivity contribution in [2.45, 2.75) is 39.1 Å². The standard InChI is InChI=1S/C13H20ClN/c1-4-12(14)8-15-9-13-10(2)6-5-7-11(13)3/h5-7,12,15H,4,8-9H2,1-3H3. The molecule has 1 unspecified atom stereocenters. The first-order chi connectivity index (χ1) is 7.15. The van der Waals surface area contributed by atoms with Gasteiger partial charge in [0.2, 0.25) is 0 Å². The summed E-state index contributed by atoms with van der Waals surface area (Å²) in [7, 11) is 0. The van der Waals surface area contributed by atoms with Gasteiger partial charge in [0, 0.05) is 18.5 Å². The van der Waals surface area contributed by atoms with Gasteiger partial charge in [-0.3, -0.25) is 0 Å². The summed E-state index contributed by atoms with van der Waals surface area (Å²) >= 11 is 6.05. The molecule has 2 heteroatoms. The van der Waals surface area contributed by atoms with Crippen molar-refractivity contribution in [3.8, 4) is 0 Å². The van der Waals surface area contributed by atoms with Crippen LogP contribution in [0.2, 0.25) is 0 Å². The van der Waals surface area contributed by atoms with Crippen LogP contribution in [0, 0.1) is 13.8 Å². The van der Waals surface area contributed by atoms with Crippen LogP contribution in [0.15, 0.2) is 18.2 Å². The fourth-order valence-corrected chi connectivity index (χ4v) is 1.74. The SMILES string of the molecule is CCC(Cl)CNCc1c(C)cccc1C. The third-order valence-electron chi connectivity index (χ3n) is 2.76. The third kappa shape index (κ3) is 3.84. The molecule has 0 aromatic heterocycles. The normalized spacial score (nSPS) is 12.8. The lowest BCUT2D eigenvalue weighted by atomic mass is 10.0. The first-order valence-electron chi connectivity index (χ1n) is 5.55. The fraction of sp³-hybridized carbons (Fsp3) is 0.538. The molecule has 15 heavy (non-hydrogen) atoms. The molecular weight excluding hydrogens is 206 g/mol. The van der Waals surface area contributed by atoms with Gasteiger partial charge in [-0.15, -0.1) is 11.6 Å². The van der Waals surface area contributed by atoms with Gasteiger partial charge in [-0.1, -0.05) is 25.1 Å². The number of benzene rings is 1. The molecule has 0 bridgehead atoms. The van der Waals surface area contributed by atoms with E-state index in [-0.39, 0.29) is 5.38 Å². The van der Waals surface area contributed by atoms with E-state index < -0.39 is 0 Å². The van der Waals surface area contributed by atoms with Crippen LogP contribution in [0.5, 0.6) is 0 Å². The summed E-state index contributed by atoms with van der Waals surface area (Å²) in [4.78, 5) is 0. The number of halogens is 1. The molecular formula is C13H20ClN. The van der Waals surface area contributed by atoms with E-state index in [1.54, 1.807) is 0 Å². The number of hydrogen-bond donors (Lipinski definition) is 1. The van der Waals surface area contributed by atoms with E-state index in [2.05, 4.69) is 44.3 Å². The minimum Gasteiger partial charge on any atom is -0.311 e. The molecule has 0 aliphatic rings. The highest BCUT2D eigenvalue weighted by atomic mass is 35.5. The molecule has 1 N–H and O–H groups in total. The molecule has 0 heterocycles. The Morgan fingerprint density at radius 2 is 1.87 bits per heavy atom. The summed E-state index contributed by atoms with van der Waals surface area (Å²) < 4.78 is 0. The average Bonchev–Trinajstić information content (AvgIpc) is 2.22. The van der Waals surface area contributed by atoms with Gasteiger partial charge in [0.1, 0.15) is 0 Å². The zero-order valence-electron chi connectivity index (χ0n) is 9.81. The molecule has 0 fully saturated rings. The van der Waals surface area contributed by atoms with Gasteiger partial charge in [0.15, 0.2) is 0 Å². The van der Waals surface area contributed by atoms with Crippen molar-refractivity contribution >= 4 is 11.6 Å². The van der Waals surface area contributed by atoms with Gasteiger partial charge in [0.05, 0.1) is 0 Å². The number of rotatable bonds is 5. The average molecular weight is 226 g/mol. The van der Waals surface area contributed by atoms with Crippen LogP contribution in [0.25, 0.3) is 0 Å². The maximum absolute atomic E-state index is 6.05. The quantitative estimate of drug-likeness (QED) is 0.758.